The Balaban J connectivity index is 1.77. The summed E-state index contributed by atoms with van der Waals surface area (Å²) in [6, 6.07) is 17.0. The van der Waals surface area contributed by atoms with Crippen molar-refractivity contribution < 1.29 is 9.72 Å². The lowest BCUT2D eigenvalue weighted by atomic mass is 10.1. The molecule has 7 heteroatoms. The van der Waals surface area contributed by atoms with Crippen molar-refractivity contribution in [2.75, 3.05) is 5.32 Å². The number of carbonyl (C=O) groups is 1. The number of carbonyl (C=O) groups excluding carboxylic acids is 1. The first kappa shape index (κ1) is 14.5. The molecule has 0 radical (unpaired) electrons. The van der Waals surface area contributed by atoms with Gasteiger partial charge in [0.25, 0.3) is 5.91 Å². The molecule has 0 fully saturated rings. The molecule has 0 aliphatic heterocycles. The molecule has 1 amide bonds. The van der Waals surface area contributed by atoms with Crippen LogP contribution >= 0.6 is 0 Å². The lowest BCUT2D eigenvalue weighted by molar-refractivity contribution is -0.385. The molecule has 2 aromatic carbocycles. The van der Waals surface area contributed by atoms with E-state index in [1.807, 2.05) is 42.5 Å². The highest BCUT2D eigenvalue weighted by Crippen LogP contribution is 2.22. The number of amides is 1. The van der Waals surface area contributed by atoms with Gasteiger partial charge >= 0.3 is 5.69 Å². The van der Waals surface area contributed by atoms with Gasteiger partial charge in [0.05, 0.1) is 4.92 Å². The number of hydrogen-bond acceptors (Lipinski definition) is 4. The smallest absolute Gasteiger partial charge is 0.319 e. The second-order valence-electron chi connectivity index (χ2n) is 4.78. The summed E-state index contributed by atoms with van der Waals surface area (Å²) in [6.07, 6.45) is 1.01. The summed E-state index contributed by atoms with van der Waals surface area (Å²) in [7, 11) is 0. The zero-order chi connectivity index (χ0) is 16.2. The summed E-state index contributed by atoms with van der Waals surface area (Å²) in [4.78, 5) is 22.2. The summed E-state index contributed by atoms with van der Waals surface area (Å²) in [5.41, 5.74) is 2.08. The number of hydrogen-bond donors (Lipinski definition) is 2. The van der Waals surface area contributed by atoms with E-state index in [9.17, 15) is 14.9 Å². The third-order valence-corrected chi connectivity index (χ3v) is 3.29. The fourth-order valence-electron chi connectivity index (χ4n) is 2.16. The Morgan fingerprint density at radius 3 is 2.35 bits per heavy atom. The number of rotatable bonds is 4. The first-order chi connectivity index (χ1) is 11.1. The average Bonchev–Trinajstić information content (AvgIpc) is 3.06. The van der Waals surface area contributed by atoms with Crippen molar-refractivity contribution in [2.45, 2.75) is 0 Å². The zero-order valence-corrected chi connectivity index (χ0v) is 11.9. The molecule has 3 aromatic rings. The number of nitrogens with zero attached hydrogens (tertiary/aromatic N) is 2. The number of benzene rings is 2. The molecule has 1 heterocycles. The summed E-state index contributed by atoms with van der Waals surface area (Å²) in [6.45, 7) is 0. The van der Waals surface area contributed by atoms with Crippen molar-refractivity contribution in [1.29, 1.82) is 0 Å². The van der Waals surface area contributed by atoms with Crippen LogP contribution in [0, 0.1) is 10.1 Å². The van der Waals surface area contributed by atoms with Crippen molar-refractivity contribution in [2.24, 2.45) is 0 Å². The van der Waals surface area contributed by atoms with Crippen LogP contribution in [0.25, 0.3) is 11.1 Å². The van der Waals surface area contributed by atoms with E-state index >= 15 is 0 Å². The molecule has 0 spiro atoms. The van der Waals surface area contributed by atoms with E-state index in [1.165, 1.54) is 0 Å². The maximum Gasteiger partial charge on any atom is 0.319 e. The summed E-state index contributed by atoms with van der Waals surface area (Å²) in [5, 5.41) is 19.3. The molecule has 0 aliphatic rings. The van der Waals surface area contributed by atoms with Crippen LogP contribution < -0.4 is 5.32 Å². The molecule has 1 aromatic heterocycles. The van der Waals surface area contributed by atoms with Gasteiger partial charge in [-0.25, -0.2) is 0 Å². The Hall–Kier alpha value is -3.48. The van der Waals surface area contributed by atoms with Gasteiger partial charge in [-0.05, 0) is 23.3 Å². The second kappa shape index (κ2) is 6.10. The predicted molar refractivity (Wildman–Crippen MR) is 85.1 cm³/mol. The first-order valence-corrected chi connectivity index (χ1v) is 6.80. The predicted octanol–water partition coefficient (Wildman–Crippen LogP) is 3.24. The normalized spacial score (nSPS) is 10.3. The first-order valence-electron chi connectivity index (χ1n) is 6.80. The number of anilines is 1. The average molecular weight is 308 g/mol. The van der Waals surface area contributed by atoms with E-state index in [2.05, 4.69) is 15.5 Å². The standard InChI is InChI=1S/C16H12N4O3/c21-16(15-14(20(22)23)10-17-19-15)18-13-8-6-12(7-9-13)11-4-2-1-3-5-11/h1-10H,(H,17,19)(H,18,21). The Kier molecular flexibility index (Phi) is 3.84. The van der Waals surface area contributed by atoms with Gasteiger partial charge in [0, 0.05) is 5.69 Å². The van der Waals surface area contributed by atoms with E-state index in [1.54, 1.807) is 12.1 Å². The third kappa shape index (κ3) is 3.08. The lowest BCUT2D eigenvalue weighted by Crippen LogP contribution is -2.14. The highest BCUT2D eigenvalue weighted by atomic mass is 16.6. The molecule has 23 heavy (non-hydrogen) atoms. The molecule has 114 valence electrons. The molecule has 2 N–H and O–H groups in total. The SMILES string of the molecule is O=C(Nc1ccc(-c2ccccc2)cc1)c1[nH]ncc1[N+](=O)[O-]. The van der Waals surface area contributed by atoms with E-state index in [4.69, 9.17) is 0 Å². The Bertz CT molecular complexity index is 841. The van der Waals surface area contributed by atoms with Crippen LogP contribution in [0.15, 0.2) is 60.8 Å². The van der Waals surface area contributed by atoms with Crippen LogP contribution in [0.3, 0.4) is 0 Å². The number of H-pyrrole nitrogens is 1. The highest BCUT2D eigenvalue weighted by Gasteiger charge is 2.22. The molecule has 0 saturated heterocycles. The zero-order valence-electron chi connectivity index (χ0n) is 11.9. The summed E-state index contributed by atoms with van der Waals surface area (Å²) >= 11 is 0. The van der Waals surface area contributed by atoms with Crippen molar-refractivity contribution >= 4 is 17.3 Å². The topological polar surface area (TPSA) is 101 Å². The van der Waals surface area contributed by atoms with Gasteiger partial charge in [0.1, 0.15) is 6.20 Å². The van der Waals surface area contributed by atoms with Gasteiger partial charge in [0.2, 0.25) is 5.69 Å². The molecule has 0 saturated carbocycles. The fraction of sp³-hybridized carbons (Fsp3) is 0. The van der Waals surface area contributed by atoms with Crippen LogP contribution in [0.4, 0.5) is 11.4 Å². The number of aromatic nitrogens is 2. The number of nitrogens with one attached hydrogen (secondary N) is 2. The van der Waals surface area contributed by atoms with Gasteiger partial charge in [0.15, 0.2) is 0 Å². The van der Waals surface area contributed by atoms with Crippen LogP contribution in [0.5, 0.6) is 0 Å². The Labute approximate surface area is 131 Å². The quantitative estimate of drug-likeness (QED) is 0.570. The van der Waals surface area contributed by atoms with Crippen LogP contribution in [-0.2, 0) is 0 Å². The van der Waals surface area contributed by atoms with Crippen LogP contribution in [0.1, 0.15) is 10.5 Å². The Morgan fingerprint density at radius 2 is 1.70 bits per heavy atom. The molecule has 7 nitrogen and oxygen atoms in total. The highest BCUT2D eigenvalue weighted by molar-refractivity contribution is 6.05. The van der Waals surface area contributed by atoms with Gasteiger partial charge < -0.3 is 5.32 Å². The molecule has 3 rings (SSSR count). The molecule has 0 atom stereocenters. The van der Waals surface area contributed by atoms with Gasteiger partial charge in [-0.3, -0.25) is 20.0 Å². The molecule has 0 aliphatic carbocycles. The number of aromatic amines is 1. The third-order valence-electron chi connectivity index (χ3n) is 3.29. The van der Waals surface area contributed by atoms with Crippen molar-refractivity contribution in [1.82, 2.24) is 10.2 Å². The van der Waals surface area contributed by atoms with Crippen molar-refractivity contribution in [3.8, 4) is 11.1 Å². The number of nitro groups is 1. The second-order valence-corrected chi connectivity index (χ2v) is 4.78. The minimum Gasteiger partial charge on any atom is -0.320 e. The van der Waals surface area contributed by atoms with Crippen molar-refractivity contribution in [3.05, 3.63) is 76.6 Å². The van der Waals surface area contributed by atoms with E-state index in [0.29, 0.717) is 5.69 Å². The van der Waals surface area contributed by atoms with E-state index in [0.717, 1.165) is 17.3 Å². The van der Waals surface area contributed by atoms with Gasteiger partial charge in [-0.2, -0.15) is 5.10 Å². The molecular weight excluding hydrogens is 296 g/mol. The van der Waals surface area contributed by atoms with Gasteiger partial charge in [-0.1, -0.05) is 42.5 Å². The Morgan fingerprint density at radius 1 is 1.04 bits per heavy atom. The summed E-state index contributed by atoms with van der Waals surface area (Å²) < 4.78 is 0. The van der Waals surface area contributed by atoms with E-state index in [-0.39, 0.29) is 11.4 Å². The van der Waals surface area contributed by atoms with E-state index < -0.39 is 10.8 Å². The van der Waals surface area contributed by atoms with Crippen molar-refractivity contribution in [3.63, 3.8) is 0 Å². The van der Waals surface area contributed by atoms with Crippen LogP contribution in [-0.4, -0.2) is 21.0 Å². The lowest BCUT2D eigenvalue weighted by Gasteiger charge is -2.06. The minimum absolute atomic E-state index is 0.179. The molecule has 0 unspecified atom stereocenters. The summed E-state index contributed by atoms with van der Waals surface area (Å²) in [5.74, 6) is -0.610. The largest absolute Gasteiger partial charge is 0.320 e. The molecule has 0 bridgehead atoms. The molecular formula is C16H12N4O3. The fourth-order valence-corrected chi connectivity index (χ4v) is 2.16. The maximum absolute atomic E-state index is 12.1. The monoisotopic (exact) mass is 308 g/mol. The maximum atomic E-state index is 12.1. The van der Waals surface area contributed by atoms with Crippen LogP contribution in [0.2, 0.25) is 0 Å². The van der Waals surface area contributed by atoms with Gasteiger partial charge in [-0.15, -0.1) is 0 Å². The minimum atomic E-state index is -0.656.